The number of primary amides is 1. The number of aryl methyl sites for hydroxylation is 1. The first-order valence-electron chi connectivity index (χ1n) is 3.97. The summed E-state index contributed by atoms with van der Waals surface area (Å²) in [4.78, 5) is 10.7. The Morgan fingerprint density at radius 2 is 2.58 bits per heavy atom. The summed E-state index contributed by atoms with van der Waals surface area (Å²) in [6.07, 6.45) is 2.75. The van der Waals surface area contributed by atoms with Gasteiger partial charge in [-0.05, 0) is 12.5 Å². The lowest BCUT2D eigenvalue weighted by Gasteiger charge is -1.90. The Balaban J connectivity index is 2.10. The maximum atomic E-state index is 10.7. The van der Waals surface area contributed by atoms with Crippen molar-refractivity contribution in [1.82, 2.24) is 9.78 Å². The topological polar surface area (TPSA) is 60.9 Å². The van der Waals surface area contributed by atoms with Crippen molar-refractivity contribution in [2.24, 2.45) is 18.7 Å². The van der Waals surface area contributed by atoms with E-state index in [-0.39, 0.29) is 17.7 Å². The van der Waals surface area contributed by atoms with E-state index in [4.69, 9.17) is 5.73 Å². The summed E-state index contributed by atoms with van der Waals surface area (Å²) in [6, 6.07) is 1.94. The lowest BCUT2D eigenvalue weighted by atomic mass is 10.2. The average Bonchev–Trinajstić information content (AvgIpc) is 2.70. The third-order valence-corrected chi connectivity index (χ3v) is 2.27. The second-order valence-electron chi connectivity index (χ2n) is 3.27. The van der Waals surface area contributed by atoms with Crippen LogP contribution in [0.2, 0.25) is 0 Å². The van der Waals surface area contributed by atoms with E-state index in [9.17, 15) is 4.79 Å². The molecule has 12 heavy (non-hydrogen) atoms. The Kier molecular flexibility index (Phi) is 1.43. The summed E-state index contributed by atoms with van der Waals surface area (Å²) < 4.78 is 1.74. The number of aromatic nitrogens is 2. The zero-order chi connectivity index (χ0) is 8.72. The lowest BCUT2D eigenvalue weighted by molar-refractivity contribution is -0.119. The fraction of sp³-hybridized carbons (Fsp3) is 0.500. The summed E-state index contributed by atoms with van der Waals surface area (Å²) in [5.41, 5.74) is 6.15. The molecule has 0 aliphatic heterocycles. The van der Waals surface area contributed by atoms with Gasteiger partial charge >= 0.3 is 0 Å². The van der Waals surface area contributed by atoms with Gasteiger partial charge in [-0.25, -0.2) is 0 Å². The molecule has 1 saturated carbocycles. The molecule has 0 aromatic carbocycles. The SMILES string of the molecule is Cn1ccc([C@@H]2C[C@H]2C(N)=O)n1. The Bertz CT molecular complexity index is 318. The van der Waals surface area contributed by atoms with E-state index in [1.807, 2.05) is 19.3 Å². The third kappa shape index (κ3) is 1.09. The van der Waals surface area contributed by atoms with Crippen molar-refractivity contribution in [3.05, 3.63) is 18.0 Å². The Morgan fingerprint density at radius 3 is 3.00 bits per heavy atom. The number of carbonyl (C=O) groups is 1. The van der Waals surface area contributed by atoms with Crippen molar-refractivity contribution in [3.8, 4) is 0 Å². The summed E-state index contributed by atoms with van der Waals surface area (Å²) in [5.74, 6) is 0.106. The maximum absolute atomic E-state index is 10.7. The Labute approximate surface area is 70.4 Å². The van der Waals surface area contributed by atoms with E-state index >= 15 is 0 Å². The van der Waals surface area contributed by atoms with Gasteiger partial charge in [0.25, 0.3) is 0 Å². The van der Waals surface area contributed by atoms with Crippen molar-refractivity contribution in [1.29, 1.82) is 0 Å². The Morgan fingerprint density at radius 1 is 1.83 bits per heavy atom. The highest BCUT2D eigenvalue weighted by atomic mass is 16.1. The van der Waals surface area contributed by atoms with Gasteiger partial charge < -0.3 is 5.73 Å². The van der Waals surface area contributed by atoms with Crippen LogP contribution in [0.5, 0.6) is 0 Å². The average molecular weight is 165 g/mol. The predicted octanol–water partition coefficient (Wildman–Crippen LogP) is 0.00890. The minimum Gasteiger partial charge on any atom is -0.369 e. The number of nitrogens with two attached hydrogens (primary N) is 1. The molecular weight excluding hydrogens is 154 g/mol. The second kappa shape index (κ2) is 2.33. The zero-order valence-corrected chi connectivity index (χ0v) is 6.90. The van der Waals surface area contributed by atoms with Gasteiger partial charge in [-0.15, -0.1) is 0 Å². The van der Waals surface area contributed by atoms with E-state index in [0.717, 1.165) is 12.1 Å². The first-order valence-corrected chi connectivity index (χ1v) is 3.97. The zero-order valence-electron chi connectivity index (χ0n) is 6.90. The summed E-state index contributed by atoms with van der Waals surface area (Å²) in [5, 5.41) is 4.21. The van der Waals surface area contributed by atoms with Crippen LogP contribution in [-0.2, 0) is 11.8 Å². The summed E-state index contributed by atoms with van der Waals surface area (Å²) >= 11 is 0. The molecule has 4 nitrogen and oxygen atoms in total. The van der Waals surface area contributed by atoms with E-state index in [1.54, 1.807) is 4.68 Å². The highest BCUT2D eigenvalue weighted by molar-refractivity contribution is 5.80. The lowest BCUT2D eigenvalue weighted by Crippen LogP contribution is -2.13. The molecule has 4 heteroatoms. The van der Waals surface area contributed by atoms with Crippen LogP contribution in [0.15, 0.2) is 12.3 Å². The summed E-state index contributed by atoms with van der Waals surface area (Å²) in [7, 11) is 1.87. The molecular formula is C8H11N3O. The van der Waals surface area contributed by atoms with Crippen molar-refractivity contribution in [2.45, 2.75) is 12.3 Å². The van der Waals surface area contributed by atoms with Crippen LogP contribution in [0.25, 0.3) is 0 Å². The van der Waals surface area contributed by atoms with E-state index in [0.29, 0.717) is 0 Å². The van der Waals surface area contributed by atoms with Crippen LogP contribution >= 0.6 is 0 Å². The third-order valence-electron chi connectivity index (χ3n) is 2.27. The smallest absolute Gasteiger partial charge is 0.221 e. The van der Waals surface area contributed by atoms with Gasteiger partial charge in [0.2, 0.25) is 5.91 Å². The highest BCUT2D eigenvalue weighted by Crippen LogP contribution is 2.46. The largest absolute Gasteiger partial charge is 0.369 e. The molecule has 64 valence electrons. The van der Waals surface area contributed by atoms with Crippen LogP contribution in [0.4, 0.5) is 0 Å². The quantitative estimate of drug-likeness (QED) is 0.671. The molecule has 2 N–H and O–H groups in total. The first kappa shape index (κ1) is 7.34. The van der Waals surface area contributed by atoms with Crippen molar-refractivity contribution >= 4 is 5.91 Å². The van der Waals surface area contributed by atoms with Crippen LogP contribution < -0.4 is 5.73 Å². The first-order chi connectivity index (χ1) is 5.68. The molecule has 2 atom stereocenters. The predicted molar refractivity (Wildman–Crippen MR) is 43.3 cm³/mol. The van der Waals surface area contributed by atoms with Crippen LogP contribution in [-0.4, -0.2) is 15.7 Å². The molecule has 0 unspecified atom stereocenters. The van der Waals surface area contributed by atoms with E-state index < -0.39 is 0 Å². The van der Waals surface area contributed by atoms with Crippen molar-refractivity contribution in [2.75, 3.05) is 0 Å². The number of rotatable bonds is 2. The molecule has 0 spiro atoms. The number of hydrogen-bond acceptors (Lipinski definition) is 2. The molecule has 0 radical (unpaired) electrons. The molecule has 2 rings (SSSR count). The molecule has 1 aliphatic rings. The Hall–Kier alpha value is -1.32. The number of carbonyl (C=O) groups excluding carboxylic acids is 1. The molecule has 1 fully saturated rings. The molecule has 0 saturated heterocycles. The molecule has 1 aliphatic carbocycles. The van der Waals surface area contributed by atoms with Gasteiger partial charge in [-0.1, -0.05) is 0 Å². The normalized spacial score (nSPS) is 27.1. The molecule has 1 amide bonds. The van der Waals surface area contributed by atoms with Gasteiger partial charge in [0.1, 0.15) is 0 Å². The minimum atomic E-state index is -0.203. The minimum absolute atomic E-state index is 0.0277. The highest BCUT2D eigenvalue weighted by Gasteiger charge is 2.44. The van der Waals surface area contributed by atoms with Crippen molar-refractivity contribution < 1.29 is 4.79 Å². The molecule has 1 heterocycles. The van der Waals surface area contributed by atoms with Gasteiger partial charge in [0.05, 0.1) is 5.69 Å². The number of hydrogen-bond donors (Lipinski definition) is 1. The molecule has 1 aromatic heterocycles. The van der Waals surface area contributed by atoms with Crippen molar-refractivity contribution in [3.63, 3.8) is 0 Å². The van der Waals surface area contributed by atoms with Crippen LogP contribution in [0.1, 0.15) is 18.0 Å². The van der Waals surface area contributed by atoms with Gasteiger partial charge in [0.15, 0.2) is 0 Å². The van der Waals surface area contributed by atoms with Crippen LogP contribution in [0, 0.1) is 5.92 Å². The van der Waals surface area contributed by atoms with Gasteiger partial charge in [-0.2, -0.15) is 5.10 Å². The number of nitrogens with zero attached hydrogens (tertiary/aromatic N) is 2. The standard InChI is InChI=1S/C8H11N3O/c1-11-3-2-7(10-11)5-4-6(5)8(9)12/h2-3,5-6H,4H2,1H3,(H2,9,12)/t5-,6-/m1/s1. The van der Waals surface area contributed by atoms with Gasteiger partial charge in [0, 0.05) is 25.1 Å². The number of amides is 1. The van der Waals surface area contributed by atoms with E-state index in [1.165, 1.54) is 0 Å². The fourth-order valence-corrected chi connectivity index (χ4v) is 1.47. The van der Waals surface area contributed by atoms with Crippen LogP contribution in [0.3, 0.4) is 0 Å². The fourth-order valence-electron chi connectivity index (χ4n) is 1.47. The maximum Gasteiger partial charge on any atom is 0.221 e. The van der Waals surface area contributed by atoms with Gasteiger partial charge in [-0.3, -0.25) is 9.48 Å². The second-order valence-corrected chi connectivity index (χ2v) is 3.27. The molecule has 1 aromatic rings. The van der Waals surface area contributed by atoms with E-state index in [2.05, 4.69) is 5.10 Å². The summed E-state index contributed by atoms with van der Waals surface area (Å²) in [6.45, 7) is 0. The molecule has 0 bridgehead atoms. The monoisotopic (exact) mass is 165 g/mol.